The monoisotopic (exact) mass is 638 g/mol. The second kappa shape index (κ2) is 15.7. The third-order valence-electron chi connectivity index (χ3n) is 7.11. The number of anilines is 2. The molecule has 4 aromatic rings. The molecule has 3 aliphatic heterocycles. The van der Waals surface area contributed by atoms with Crippen molar-refractivity contribution >= 4 is 40.0 Å². The number of rotatable bonds is 2. The standard InChI is InChI=1S/C10H13NO.C9H9NO2.C8H10OS.C7H10O2S/c1-8-3-4-10-9(7-8)11(2)5-6-12-10;1-6-2-3-8-7(4-6)10-9(11)5-12-8;1-6-8-7(5-10-6)3-2-4-9-8;1-5-7(9-3)6(8-2)4-10-5/h3-4,7H,5-6H2,1-2H3;2-4H,5H2,1H3,(H,10,11);5H,2-4H2,1H3;4H,1-3H3. The zero-order valence-corrected chi connectivity index (χ0v) is 28.2. The van der Waals surface area contributed by atoms with Crippen LogP contribution in [0.15, 0.2) is 47.2 Å². The second-order valence-electron chi connectivity index (χ2n) is 10.6. The minimum absolute atomic E-state index is 0.0897. The SMILES string of the molecule is COc1csc(C)c1OC.Cc1ccc2c(c1)N(C)CCO2.Cc1ccc2c(c1)NC(=O)CO2.Cc1scc2c1OCCC2. The first-order chi connectivity index (χ1) is 21.2. The van der Waals surface area contributed by atoms with Crippen molar-refractivity contribution in [3.8, 4) is 28.7 Å². The van der Waals surface area contributed by atoms with Gasteiger partial charge in [-0.15, -0.1) is 22.7 Å². The fourth-order valence-corrected chi connectivity index (χ4v) is 6.38. The molecule has 0 unspecified atom stereocenters. The van der Waals surface area contributed by atoms with Gasteiger partial charge in [-0.05, 0) is 81.3 Å². The Balaban J connectivity index is 0.000000134. The van der Waals surface area contributed by atoms with Crippen molar-refractivity contribution in [3.05, 3.63) is 73.6 Å². The number of benzene rings is 2. The molecule has 0 aliphatic carbocycles. The molecule has 0 bridgehead atoms. The summed E-state index contributed by atoms with van der Waals surface area (Å²) in [6, 6.07) is 12.0. The first-order valence-corrected chi connectivity index (χ1v) is 16.3. The van der Waals surface area contributed by atoms with Crippen molar-refractivity contribution in [2.45, 2.75) is 40.5 Å². The predicted molar refractivity (Wildman–Crippen MR) is 180 cm³/mol. The number of fused-ring (bicyclic) bond motifs is 3. The van der Waals surface area contributed by atoms with Crippen LogP contribution in [0.4, 0.5) is 11.4 Å². The number of amides is 1. The summed E-state index contributed by atoms with van der Waals surface area (Å²) in [5.74, 6) is 4.51. The molecule has 236 valence electrons. The van der Waals surface area contributed by atoms with Gasteiger partial charge in [0.05, 0.1) is 38.7 Å². The molecule has 44 heavy (non-hydrogen) atoms. The second-order valence-corrected chi connectivity index (χ2v) is 12.7. The molecule has 0 spiro atoms. The Bertz CT molecular complexity index is 1510. The molecule has 8 nitrogen and oxygen atoms in total. The molecule has 0 radical (unpaired) electrons. The fourth-order valence-electron chi connectivity index (χ4n) is 4.76. The summed E-state index contributed by atoms with van der Waals surface area (Å²) >= 11 is 3.43. The van der Waals surface area contributed by atoms with E-state index in [1.165, 1.54) is 34.5 Å². The van der Waals surface area contributed by atoms with Crippen molar-refractivity contribution < 1.29 is 28.5 Å². The molecule has 3 aliphatic rings. The Morgan fingerprint density at radius 2 is 1.57 bits per heavy atom. The van der Waals surface area contributed by atoms with Crippen molar-refractivity contribution in [3.63, 3.8) is 0 Å². The molecular weight excluding hydrogens is 597 g/mol. The van der Waals surface area contributed by atoms with Gasteiger partial charge in [0.15, 0.2) is 18.1 Å². The van der Waals surface area contributed by atoms with E-state index >= 15 is 0 Å². The maximum Gasteiger partial charge on any atom is 0.262 e. The van der Waals surface area contributed by atoms with E-state index in [1.54, 1.807) is 36.9 Å². The Kier molecular flexibility index (Phi) is 11.8. The number of thiophene rings is 2. The molecule has 5 heterocycles. The number of hydrogen-bond acceptors (Lipinski definition) is 9. The van der Waals surface area contributed by atoms with Crippen LogP contribution in [0.5, 0.6) is 28.7 Å². The number of likely N-dealkylation sites (N-methyl/N-ethyl adjacent to an activating group) is 1. The van der Waals surface area contributed by atoms with Gasteiger partial charge in [-0.25, -0.2) is 0 Å². The molecule has 0 saturated carbocycles. The van der Waals surface area contributed by atoms with Gasteiger partial charge in [-0.3, -0.25) is 4.79 Å². The van der Waals surface area contributed by atoms with Gasteiger partial charge in [0.1, 0.15) is 23.9 Å². The molecule has 0 saturated heterocycles. The van der Waals surface area contributed by atoms with E-state index in [0.29, 0.717) is 0 Å². The lowest BCUT2D eigenvalue weighted by molar-refractivity contribution is -0.118. The molecule has 0 fully saturated rings. The fraction of sp³-hybridized carbons (Fsp3) is 0.382. The number of nitrogens with zero attached hydrogens (tertiary/aromatic N) is 1. The van der Waals surface area contributed by atoms with E-state index in [2.05, 4.69) is 48.6 Å². The van der Waals surface area contributed by atoms with E-state index in [4.69, 9.17) is 23.7 Å². The number of ether oxygens (including phenoxy) is 5. The van der Waals surface area contributed by atoms with Crippen molar-refractivity contribution in [1.82, 2.24) is 0 Å². The predicted octanol–water partition coefficient (Wildman–Crippen LogP) is 7.60. The number of aryl methyl sites for hydroxylation is 5. The third-order valence-corrected chi connectivity index (χ3v) is 8.93. The van der Waals surface area contributed by atoms with Gasteiger partial charge >= 0.3 is 0 Å². The lowest BCUT2D eigenvalue weighted by Crippen LogP contribution is -2.28. The van der Waals surface area contributed by atoms with Crippen LogP contribution in [-0.2, 0) is 11.2 Å². The van der Waals surface area contributed by atoms with Crippen molar-refractivity contribution in [2.24, 2.45) is 0 Å². The summed E-state index contributed by atoms with van der Waals surface area (Å²) in [5, 5.41) is 6.89. The van der Waals surface area contributed by atoms with Crippen molar-refractivity contribution in [2.75, 3.05) is 57.8 Å². The average molecular weight is 639 g/mol. The van der Waals surface area contributed by atoms with Gasteiger partial charge in [-0.2, -0.15) is 0 Å². The smallest absolute Gasteiger partial charge is 0.262 e. The lowest BCUT2D eigenvalue weighted by atomic mass is 10.1. The highest BCUT2D eigenvalue weighted by Crippen LogP contribution is 2.36. The van der Waals surface area contributed by atoms with Crippen molar-refractivity contribution in [1.29, 1.82) is 0 Å². The summed E-state index contributed by atoms with van der Waals surface area (Å²) in [6.45, 7) is 11.0. The minimum Gasteiger partial charge on any atom is -0.492 e. The van der Waals surface area contributed by atoms with Crippen LogP contribution in [0.1, 0.15) is 32.9 Å². The van der Waals surface area contributed by atoms with E-state index in [-0.39, 0.29) is 12.5 Å². The van der Waals surface area contributed by atoms with Crippen LogP contribution in [0.25, 0.3) is 0 Å². The molecule has 2 aromatic carbocycles. The Morgan fingerprint density at radius 1 is 0.841 bits per heavy atom. The summed E-state index contributed by atoms with van der Waals surface area (Å²) in [5.41, 5.74) is 5.78. The minimum atomic E-state index is -0.0897. The summed E-state index contributed by atoms with van der Waals surface area (Å²) < 4.78 is 26.3. The van der Waals surface area contributed by atoms with E-state index in [1.807, 2.05) is 43.5 Å². The van der Waals surface area contributed by atoms with E-state index < -0.39 is 0 Å². The van der Waals surface area contributed by atoms with Gasteiger partial charge in [0.2, 0.25) is 0 Å². The normalized spacial score (nSPS) is 14.0. The molecule has 1 amide bonds. The van der Waals surface area contributed by atoms with E-state index in [0.717, 1.165) is 64.6 Å². The number of carbonyl (C=O) groups excluding carboxylic acids is 1. The zero-order valence-electron chi connectivity index (χ0n) is 26.6. The zero-order chi connectivity index (χ0) is 31.6. The number of carbonyl (C=O) groups is 1. The maximum absolute atomic E-state index is 10.9. The van der Waals surface area contributed by atoms with Crippen LogP contribution in [0, 0.1) is 27.7 Å². The Hall–Kier alpha value is -3.89. The van der Waals surface area contributed by atoms with Gasteiger partial charge < -0.3 is 33.9 Å². The van der Waals surface area contributed by atoms with Crippen LogP contribution >= 0.6 is 22.7 Å². The highest BCUT2D eigenvalue weighted by Gasteiger charge is 2.16. The third kappa shape index (κ3) is 8.60. The summed E-state index contributed by atoms with van der Waals surface area (Å²) in [4.78, 5) is 15.6. The largest absolute Gasteiger partial charge is 0.492 e. The van der Waals surface area contributed by atoms with Gasteiger partial charge in [0, 0.05) is 27.7 Å². The number of methoxy groups -OCH3 is 2. The number of nitrogens with one attached hydrogen (secondary N) is 1. The molecule has 10 heteroatoms. The molecule has 1 N–H and O–H groups in total. The summed E-state index contributed by atoms with van der Waals surface area (Å²) in [6.07, 6.45) is 2.39. The highest BCUT2D eigenvalue weighted by molar-refractivity contribution is 7.10. The van der Waals surface area contributed by atoms with Crippen LogP contribution < -0.4 is 33.9 Å². The van der Waals surface area contributed by atoms with Crippen LogP contribution in [0.3, 0.4) is 0 Å². The number of hydrogen-bond donors (Lipinski definition) is 1. The van der Waals surface area contributed by atoms with Crippen LogP contribution in [-0.4, -0.2) is 53.5 Å². The molecule has 0 atom stereocenters. The van der Waals surface area contributed by atoms with E-state index in [9.17, 15) is 4.79 Å². The first kappa shape index (κ1) is 33.0. The quantitative estimate of drug-likeness (QED) is 0.242. The molecule has 7 rings (SSSR count). The highest BCUT2D eigenvalue weighted by atomic mass is 32.1. The molecule has 2 aromatic heterocycles. The topological polar surface area (TPSA) is 78.5 Å². The van der Waals surface area contributed by atoms with Gasteiger partial charge in [0.25, 0.3) is 5.91 Å². The molecular formula is C34H42N2O6S2. The Labute approximate surface area is 268 Å². The van der Waals surface area contributed by atoms with Gasteiger partial charge in [-0.1, -0.05) is 12.1 Å². The maximum atomic E-state index is 10.9. The van der Waals surface area contributed by atoms with Crippen LogP contribution in [0.2, 0.25) is 0 Å². The lowest BCUT2D eigenvalue weighted by Gasteiger charge is -2.27. The average Bonchev–Trinajstić information content (AvgIpc) is 3.59. The Morgan fingerprint density at radius 3 is 2.27 bits per heavy atom. The summed E-state index contributed by atoms with van der Waals surface area (Å²) in [7, 11) is 5.39. The first-order valence-electron chi connectivity index (χ1n) is 14.5.